The number of nitrogens with one attached hydrogen (secondary N) is 1. The molecule has 3 fully saturated rings. The van der Waals surface area contributed by atoms with Gasteiger partial charge >= 0.3 is 0 Å². The Morgan fingerprint density at radius 2 is 1.97 bits per heavy atom. The molecular formula is C30H39N3O2S. The maximum atomic E-state index is 13.2. The maximum absolute atomic E-state index is 13.2. The lowest BCUT2D eigenvalue weighted by Gasteiger charge is -2.59. The molecule has 6 rings (SSSR count). The van der Waals surface area contributed by atoms with E-state index in [4.69, 9.17) is 0 Å². The lowest BCUT2D eigenvalue weighted by atomic mass is 9.48. The lowest BCUT2D eigenvalue weighted by Crippen LogP contribution is -2.54. The third kappa shape index (κ3) is 3.58. The van der Waals surface area contributed by atoms with Crippen LogP contribution in [-0.4, -0.2) is 28.7 Å². The zero-order chi connectivity index (χ0) is 25.4. The van der Waals surface area contributed by atoms with Crippen LogP contribution >= 0.6 is 11.3 Å². The van der Waals surface area contributed by atoms with Gasteiger partial charge in [0.15, 0.2) is 5.13 Å². The Morgan fingerprint density at radius 3 is 2.78 bits per heavy atom. The number of nitrogens with zero attached hydrogens (tertiary/aromatic N) is 2. The molecule has 0 spiro atoms. The van der Waals surface area contributed by atoms with Gasteiger partial charge in [-0.3, -0.25) is 9.59 Å². The fraction of sp³-hybridized carbons (Fsp3) is 0.633. The smallest absolute Gasteiger partial charge is 0.226 e. The molecule has 2 unspecified atom stereocenters. The summed E-state index contributed by atoms with van der Waals surface area (Å²) in [6, 6.07) is 6.23. The second kappa shape index (κ2) is 8.41. The van der Waals surface area contributed by atoms with E-state index in [9.17, 15) is 9.59 Å². The van der Waals surface area contributed by atoms with Crippen LogP contribution in [0.1, 0.15) is 77.7 Å². The summed E-state index contributed by atoms with van der Waals surface area (Å²) in [5.41, 5.74) is 5.24. The number of piperidine rings is 1. The Bertz CT molecular complexity index is 1280. The van der Waals surface area contributed by atoms with Crippen molar-refractivity contribution in [3.8, 4) is 0 Å². The Hall–Kier alpha value is -2.21. The van der Waals surface area contributed by atoms with Crippen LogP contribution in [0.2, 0.25) is 0 Å². The van der Waals surface area contributed by atoms with E-state index in [1.165, 1.54) is 36.1 Å². The number of likely N-dealkylation sites (tertiary alicyclic amines) is 1. The Labute approximate surface area is 218 Å². The van der Waals surface area contributed by atoms with E-state index in [0.717, 1.165) is 29.5 Å². The van der Waals surface area contributed by atoms with Gasteiger partial charge in [-0.15, -0.1) is 0 Å². The third-order valence-electron chi connectivity index (χ3n) is 10.7. The van der Waals surface area contributed by atoms with E-state index in [-0.39, 0.29) is 22.6 Å². The first-order valence-electron chi connectivity index (χ1n) is 13.7. The van der Waals surface area contributed by atoms with Gasteiger partial charge in [0.1, 0.15) is 0 Å². The van der Waals surface area contributed by atoms with E-state index in [1.54, 1.807) is 11.3 Å². The number of rotatable bonds is 3. The van der Waals surface area contributed by atoms with Gasteiger partial charge in [0.25, 0.3) is 0 Å². The Morgan fingerprint density at radius 1 is 1.17 bits per heavy atom. The molecule has 2 saturated carbocycles. The topological polar surface area (TPSA) is 62.3 Å². The molecule has 0 radical (unpaired) electrons. The van der Waals surface area contributed by atoms with Gasteiger partial charge in [-0.2, -0.15) is 0 Å². The molecule has 1 aromatic heterocycles. The summed E-state index contributed by atoms with van der Waals surface area (Å²) in [6.07, 6.45) is 8.12. The minimum Gasteiger partial charge on any atom is -0.319 e. The van der Waals surface area contributed by atoms with Crippen LogP contribution < -0.4 is 5.32 Å². The van der Waals surface area contributed by atoms with Gasteiger partial charge in [-0.25, -0.2) is 4.98 Å². The van der Waals surface area contributed by atoms with Gasteiger partial charge in [0.2, 0.25) is 11.8 Å². The number of hydrogen-bond donors (Lipinski definition) is 1. The van der Waals surface area contributed by atoms with E-state index in [0.29, 0.717) is 41.6 Å². The summed E-state index contributed by atoms with van der Waals surface area (Å²) < 4.78 is 1.13. The van der Waals surface area contributed by atoms with Crippen molar-refractivity contribution in [1.82, 2.24) is 9.88 Å². The number of allylic oxidation sites excluding steroid dienone is 2. The molecular weight excluding hydrogens is 466 g/mol. The number of aryl methyl sites for hydroxylation is 1. The van der Waals surface area contributed by atoms with Gasteiger partial charge in [-0.05, 0) is 99.2 Å². The van der Waals surface area contributed by atoms with Crippen molar-refractivity contribution in [3.63, 3.8) is 0 Å². The first-order chi connectivity index (χ1) is 17.1. The molecule has 1 N–H and O–H groups in total. The Kier molecular flexibility index (Phi) is 5.64. The van der Waals surface area contributed by atoms with Crippen molar-refractivity contribution in [2.75, 3.05) is 12.4 Å². The summed E-state index contributed by atoms with van der Waals surface area (Å²) in [6.45, 7) is 9.27. The van der Waals surface area contributed by atoms with Crippen LogP contribution in [0.3, 0.4) is 0 Å². The van der Waals surface area contributed by atoms with E-state index in [2.05, 4.69) is 50.1 Å². The summed E-state index contributed by atoms with van der Waals surface area (Å²) >= 11 is 1.57. The standard InChI is InChI=1S/C30H39N3O2S/c1-17-6-9-23-24(14-17)36-28(31-23)32-25(34)16-19-7-8-21-20-15-18(2)27-30(4,13-11-26(35)33(27)5)22(20)10-12-29(19,21)3/h6,9,14,19-22H,7-8,10-13,15-16H2,1-5H3,(H,31,32,34)/t19-,20?,21+,22?,29-,30-/m1/s1. The maximum Gasteiger partial charge on any atom is 0.226 e. The predicted molar refractivity (Wildman–Crippen MR) is 146 cm³/mol. The highest BCUT2D eigenvalue weighted by Crippen LogP contribution is 2.67. The highest BCUT2D eigenvalue weighted by atomic mass is 32.1. The van der Waals surface area contributed by atoms with Crippen molar-refractivity contribution >= 4 is 38.5 Å². The molecule has 36 heavy (non-hydrogen) atoms. The monoisotopic (exact) mass is 505 g/mol. The molecule has 4 aliphatic rings. The number of aromatic nitrogens is 1. The molecule has 6 atom stereocenters. The predicted octanol–water partition coefficient (Wildman–Crippen LogP) is 6.93. The molecule has 3 aliphatic carbocycles. The quantitative estimate of drug-likeness (QED) is 0.492. The Balaban J connectivity index is 1.20. The first-order valence-corrected chi connectivity index (χ1v) is 14.6. The number of carbonyl (C=O) groups is 2. The van der Waals surface area contributed by atoms with Crippen molar-refractivity contribution in [2.24, 2.45) is 34.5 Å². The van der Waals surface area contributed by atoms with E-state index >= 15 is 0 Å². The first kappa shape index (κ1) is 24.1. The molecule has 1 aliphatic heterocycles. The highest BCUT2D eigenvalue weighted by Gasteiger charge is 2.60. The zero-order valence-corrected chi connectivity index (χ0v) is 23.1. The number of carbonyl (C=O) groups excluding carboxylic acids is 2. The SMILES string of the molecule is CC1=C2N(C)C(=O)CC[C@]2(C)C2CC[C@]3(C)[C@@H](CC(=O)Nc4nc5ccc(C)cc5s4)CC[C@H]3C2C1. The van der Waals surface area contributed by atoms with Crippen molar-refractivity contribution in [3.05, 3.63) is 35.0 Å². The number of anilines is 1. The highest BCUT2D eigenvalue weighted by molar-refractivity contribution is 7.22. The van der Waals surface area contributed by atoms with Gasteiger partial charge in [-0.1, -0.05) is 36.8 Å². The third-order valence-corrected chi connectivity index (χ3v) is 11.7. The number of fused-ring (bicyclic) bond motifs is 6. The van der Waals surface area contributed by atoms with Crippen LogP contribution in [0, 0.1) is 41.4 Å². The molecule has 6 heteroatoms. The second-order valence-corrected chi connectivity index (χ2v) is 13.7. The summed E-state index contributed by atoms with van der Waals surface area (Å²) in [5.74, 6) is 2.78. The fourth-order valence-electron chi connectivity index (χ4n) is 9.03. The fourth-order valence-corrected chi connectivity index (χ4v) is 10.0. The van der Waals surface area contributed by atoms with Crippen LogP contribution in [0.5, 0.6) is 0 Å². The lowest BCUT2D eigenvalue weighted by molar-refractivity contribution is -0.136. The van der Waals surface area contributed by atoms with E-state index < -0.39 is 0 Å². The molecule has 0 bridgehead atoms. The number of amides is 2. The van der Waals surface area contributed by atoms with Crippen molar-refractivity contribution in [1.29, 1.82) is 0 Å². The van der Waals surface area contributed by atoms with Crippen LogP contribution in [0.25, 0.3) is 10.2 Å². The number of benzene rings is 1. The molecule has 2 aromatic rings. The second-order valence-electron chi connectivity index (χ2n) is 12.6. The van der Waals surface area contributed by atoms with Gasteiger partial charge in [0.05, 0.1) is 10.2 Å². The number of hydrogen-bond acceptors (Lipinski definition) is 4. The zero-order valence-electron chi connectivity index (χ0n) is 22.3. The molecule has 192 valence electrons. The normalized spacial score (nSPS) is 36.0. The summed E-state index contributed by atoms with van der Waals surface area (Å²) in [5, 5.41) is 3.85. The molecule has 1 saturated heterocycles. The molecule has 2 amide bonds. The summed E-state index contributed by atoms with van der Waals surface area (Å²) in [4.78, 5) is 32.3. The van der Waals surface area contributed by atoms with Gasteiger partial charge < -0.3 is 10.2 Å². The van der Waals surface area contributed by atoms with E-state index in [1.807, 2.05) is 18.0 Å². The number of thiazole rings is 1. The molecule has 5 nitrogen and oxygen atoms in total. The van der Waals surface area contributed by atoms with Crippen LogP contribution in [0.4, 0.5) is 5.13 Å². The molecule has 2 heterocycles. The van der Waals surface area contributed by atoms with Crippen molar-refractivity contribution in [2.45, 2.75) is 79.1 Å². The largest absolute Gasteiger partial charge is 0.319 e. The van der Waals surface area contributed by atoms with Gasteiger partial charge in [0, 0.05) is 31.0 Å². The van der Waals surface area contributed by atoms with Crippen molar-refractivity contribution < 1.29 is 9.59 Å². The van der Waals surface area contributed by atoms with Crippen LogP contribution in [-0.2, 0) is 9.59 Å². The average Bonchev–Trinajstić information content (AvgIpc) is 3.36. The average molecular weight is 506 g/mol. The minimum absolute atomic E-state index is 0.109. The van der Waals surface area contributed by atoms with Crippen LogP contribution in [0.15, 0.2) is 29.5 Å². The minimum atomic E-state index is 0.109. The molecule has 1 aromatic carbocycles. The summed E-state index contributed by atoms with van der Waals surface area (Å²) in [7, 11) is 1.99.